The highest BCUT2D eigenvalue weighted by atomic mass is 32.1. The van der Waals surface area contributed by atoms with Gasteiger partial charge < -0.3 is 20.9 Å². The van der Waals surface area contributed by atoms with Crippen molar-refractivity contribution in [1.29, 1.82) is 0 Å². The standard InChI is InChI=1S/C16H18N2O4S/c1-22-14-4-2-10(3-5-15(19)20)6-13(14)18-8-12-7-11(9-23-12)16(17)21/h2,4,6-7,9,18H,3,5,8H2,1H3,(H2,17,21)(H,19,20). The SMILES string of the molecule is COc1ccc(CCC(=O)O)cc1NCc1cc(C(N)=O)cs1. The number of hydrogen-bond acceptors (Lipinski definition) is 5. The van der Waals surface area contributed by atoms with E-state index in [-0.39, 0.29) is 6.42 Å². The predicted molar refractivity (Wildman–Crippen MR) is 89.1 cm³/mol. The van der Waals surface area contributed by atoms with Gasteiger partial charge in [-0.3, -0.25) is 9.59 Å². The van der Waals surface area contributed by atoms with E-state index in [0.717, 1.165) is 16.1 Å². The molecule has 6 nitrogen and oxygen atoms in total. The normalized spacial score (nSPS) is 10.3. The number of anilines is 1. The van der Waals surface area contributed by atoms with Gasteiger partial charge in [0.05, 0.1) is 18.4 Å². The molecule has 4 N–H and O–H groups in total. The lowest BCUT2D eigenvalue weighted by molar-refractivity contribution is -0.136. The zero-order chi connectivity index (χ0) is 16.8. The first-order chi connectivity index (χ1) is 11.0. The molecule has 0 saturated carbocycles. The Bertz CT molecular complexity index is 712. The smallest absolute Gasteiger partial charge is 0.303 e. The van der Waals surface area contributed by atoms with Crippen LogP contribution in [-0.2, 0) is 17.8 Å². The molecule has 2 rings (SSSR count). The molecule has 0 aliphatic carbocycles. The number of carboxylic acids is 1. The first-order valence-electron chi connectivity index (χ1n) is 6.99. The molecule has 0 aliphatic heterocycles. The average Bonchev–Trinajstić information content (AvgIpc) is 3.00. The number of aliphatic carboxylic acids is 1. The van der Waals surface area contributed by atoms with E-state index in [1.165, 1.54) is 11.3 Å². The Morgan fingerprint density at radius 1 is 1.35 bits per heavy atom. The molecule has 0 aliphatic rings. The number of ether oxygens (including phenoxy) is 1. The van der Waals surface area contributed by atoms with Crippen molar-refractivity contribution in [2.45, 2.75) is 19.4 Å². The highest BCUT2D eigenvalue weighted by molar-refractivity contribution is 7.10. The number of carbonyl (C=O) groups excluding carboxylic acids is 1. The van der Waals surface area contributed by atoms with Gasteiger partial charge >= 0.3 is 5.97 Å². The van der Waals surface area contributed by atoms with Gasteiger partial charge in [0.1, 0.15) is 5.75 Å². The van der Waals surface area contributed by atoms with Crippen LogP contribution in [0.1, 0.15) is 27.2 Å². The fraction of sp³-hybridized carbons (Fsp3) is 0.250. The summed E-state index contributed by atoms with van der Waals surface area (Å²) in [6, 6.07) is 7.29. The topological polar surface area (TPSA) is 102 Å². The summed E-state index contributed by atoms with van der Waals surface area (Å²) in [5.41, 5.74) is 7.43. The molecule has 1 aromatic carbocycles. The third-order valence-corrected chi connectivity index (χ3v) is 4.22. The summed E-state index contributed by atoms with van der Waals surface area (Å²) < 4.78 is 5.31. The van der Waals surface area contributed by atoms with Crippen molar-refractivity contribution in [2.75, 3.05) is 12.4 Å². The fourth-order valence-electron chi connectivity index (χ4n) is 2.08. The van der Waals surface area contributed by atoms with Crippen molar-refractivity contribution < 1.29 is 19.4 Å². The molecule has 1 aromatic heterocycles. The molecule has 2 aromatic rings. The number of thiophene rings is 1. The summed E-state index contributed by atoms with van der Waals surface area (Å²) >= 11 is 1.45. The van der Waals surface area contributed by atoms with E-state index >= 15 is 0 Å². The minimum absolute atomic E-state index is 0.0820. The summed E-state index contributed by atoms with van der Waals surface area (Å²) in [5, 5.41) is 13.7. The van der Waals surface area contributed by atoms with Gasteiger partial charge in [-0.1, -0.05) is 6.07 Å². The van der Waals surface area contributed by atoms with E-state index in [2.05, 4.69) is 5.32 Å². The molecule has 0 spiro atoms. The molecule has 0 bridgehead atoms. The van der Waals surface area contributed by atoms with Crippen molar-refractivity contribution in [1.82, 2.24) is 0 Å². The largest absolute Gasteiger partial charge is 0.495 e. The summed E-state index contributed by atoms with van der Waals surface area (Å²) in [7, 11) is 1.58. The zero-order valence-electron chi connectivity index (χ0n) is 12.7. The summed E-state index contributed by atoms with van der Waals surface area (Å²) in [4.78, 5) is 22.7. The van der Waals surface area contributed by atoms with E-state index in [4.69, 9.17) is 15.6 Å². The molecule has 122 valence electrons. The number of nitrogens with two attached hydrogens (primary N) is 1. The lowest BCUT2D eigenvalue weighted by Crippen LogP contribution is -2.09. The Kier molecular flexibility index (Phi) is 5.59. The third-order valence-electron chi connectivity index (χ3n) is 3.28. The Hall–Kier alpha value is -2.54. The summed E-state index contributed by atoms with van der Waals surface area (Å²) in [5.74, 6) is -0.593. The minimum Gasteiger partial charge on any atom is -0.495 e. The van der Waals surface area contributed by atoms with Crippen LogP contribution in [0.5, 0.6) is 5.75 Å². The number of amides is 1. The number of rotatable bonds is 8. The molecular formula is C16H18N2O4S. The van der Waals surface area contributed by atoms with Gasteiger partial charge in [-0.25, -0.2) is 0 Å². The Morgan fingerprint density at radius 2 is 2.13 bits per heavy atom. The minimum atomic E-state index is -0.826. The lowest BCUT2D eigenvalue weighted by Gasteiger charge is -2.12. The van der Waals surface area contributed by atoms with Crippen molar-refractivity contribution in [3.63, 3.8) is 0 Å². The van der Waals surface area contributed by atoms with Crippen LogP contribution in [0.15, 0.2) is 29.6 Å². The number of benzene rings is 1. The second kappa shape index (κ2) is 7.64. The third kappa shape index (κ3) is 4.72. The van der Waals surface area contributed by atoms with Crippen LogP contribution in [0.25, 0.3) is 0 Å². The molecule has 0 fully saturated rings. The van der Waals surface area contributed by atoms with Crippen LogP contribution in [0.3, 0.4) is 0 Å². The second-order valence-corrected chi connectivity index (χ2v) is 5.94. The maximum Gasteiger partial charge on any atom is 0.303 e. The first-order valence-corrected chi connectivity index (χ1v) is 7.87. The molecule has 0 atom stereocenters. The number of primary amides is 1. The van der Waals surface area contributed by atoms with Crippen LogP contribution in [0.2, 0.25) is 0 Å². The Morgan fingerprint density at radius 3 is 2.74 bits per heavy atom. The molecule has 1 amide bonds. The zero-order valence-corrected chi connectivity index (χ0v) is 13.5. The van der Waals surface area contributed by atoms with Crippen LogP contribution < -0.4 is 15.8 Å². The van der Waals surface area contributed by atoms with Gasteiger partial charge in [0.15, 0.2) is 0 Å². The molecule has 0 saturated heterocycles. The van der Waals surface area contributed by atoms with Gasteiger partial charge in [0, 0.05) is 23.2 Å². The molecule has 0 unspecified atom stereocenters. The predicted octanol–water partition coefficient (Wildman–Crippen LogP) is 2.48. The number of nitrogens with one attached hydrogen (secondary N) is 1. The Balaban J connectivity index is 2.08. The van der Waals surface area contributed by atoms with Crippen LogP contribution in [0.4, 0.5) is 5.69 Å². The van der Waals surface area contributed by atoms with E-state index in [9.17, 15) is 9.59 Å². The van der Waals surface area contributed by atoms with Crippen molar-refractivity contribution in [2.24, 2.45) is 5.73 Å². The first kappa shape index (κ1) is 16.8. The van der Waals surface area contributed by atoms with Crippen LogP contribution in [0, 0.1) is 0 Å². The second-order valence-electron chi connectivity index (χ2n) is 4.95. The molecule has 0 radical (unpaired) electrons. The van der Waals surface area contributed by atoms with Crippen molar-refractivity contribution >= 4 is 28.9 Å². The highest BCUT2D eigenvalue weighted by Crippen LogP contribution is 2.27. The van der Waals surface area contributed by atoms with E-state index < -0.39 is 11.9 Å². The lowest BCUT2D eigenvalue weighted by atomic mass is 10.1. The monoisotopic (exact) mass is 334 g/mol. The maximum atomic E-state index is 11.1. The van der Waals surface area contributed by atoms with Crippen molar-refractivity contribution in [3.05, 3.63) is 45.6 Å². The Labute approximate surface area is 137 Å². The van der Waals surface area contributed by atoms with E-state index in [1.807, 2.05) is 18.2 Å². The number of carbonyl (C=O) groups is 2. The van der Waals surface area contributed by atoms with Crippen LogP contribution in [-0.4, -0.2) is 24.1 Å². The van der Waals surface area contributed by atoms with E-state index in [0.29, 0.717) is 24.3 Å². The maximum absolute atomic E-state index is 11.1. The van der Waals surface area contributed by atoms with Gasteiger partial charge in [-0.05, 0) is 30.2 Å². The van der Waals surface area contributed by atoms with Crippen LogP contribution >= 0.6 is 11.3 Å². The van der Waals surface area contributed by atoms with Gasteiger partial charge in [-0.15, -0.1) is 11.3 Å². The number of hydrogen-bond donors (Lipinski definition) is 3. The fourth-order valence-corrected chi connectivity index (χ4v) is 2.90. The number of methoxy groups -OCH3 is 1. The number of aryl methyl sites for hydroxylation is 1. The number of carboxylic acid groups (broad SMARTS) is 1. The molecule has 23 heavy (non-hydrogen) atoms. The van der Waals surface area contributed by atoms with Crippen molar-refractivity contribution in [3.8, 4) is 5.75 Å². The van der Waals surface area contributed by atoms with Gasteiger partial charge in [0.2, 0.25) is 5.91 Å². The summed E-state index contributed by atoms with van der Waals surface area (Å²) in [6.45, 7) is 0.524. The molecule has 1 heterocycles. The van der Waals surface area contributed by atoms with Gasteiger partial charge in [0.25, 0.3) is 0 Å². The van der Waals surface area contributed by atoms with E-state index in [1.54, 1.807) is 18.6 Å². The molecule has 7 heteroatoms. The quantitative estimate of drug-likeness (QED) is 0.688. The highest BCUT2D eigenvalue weighted by Gasteiger charge is 2.08. The molecular weight excluding hydrogens is 316 g/mol. The average molecular weight is 334 g/mol. The van der Waals surface area contributed by atoms with Gasteiger partial charge in [-0.2, -0.15) is 0 Å². The summed E-state index contributed by atoms with van der Waals surface area (Å²) in [6.07, 6.45) is 0.539.